The van der Waals surface area contributed by atoms with Crippen LogP contribution in [0.5, 0.6) is 23.0 Å². The normalized spacial score (nSPS) is 12.0. The molecule has 8 heteroatoms. The van der Waals surface area contributed by atoms with E-state index in [4.69, 9.17) is 5.73 Å². The average molecular weight is 358 g/mol. The van der Waals surface area contributed by atoms with Crippen LogP contribution in [0.4, 0.5) is 0 Å². The van der Waals surface area contributed by atoms with Crippen molar-refractivity contribution in [3.63, 3.8) is 0 Å². The molecule has 8 nitrogen and oxygen atoms in total. The van der Waals surface area contributed by atoms with Crippen LogP contribution < -0.4 is 11.1 Å². The highest BCUT2D eigenvalue weighted by Crippen LogP contribution is 2.26. The van der Waals surface area contributed by atoms with E-state index in [0.717, 1.165) is 6.08 Å². The van der Waals surface area contributed by atoms with Crippen molar-refractivity contribution in [2.24, 2.45) is 5.73 Å². The van der Waals surface area contributed by atoms with Crippen LogP contribution in [0.25, 0.3) is 6.08 Å². The lowest BCUT2D eigenvalue weighted by molar-refractivity contribution is -0.124. The zero-order chi connectivity index (χ0) is 19.3. The van der Waals surface area contributed by atoms with Crippen molar-refractivity contribution in [3.8, 4) is 23.0 Å². The minimum absolute atomic E-state index is 0.0305. The van der Waals surface area contributed by atoms with E-state index in [0.29, 0.717) is 11.1 Å². The molecule has 2 aromatic carbocycles. The summed E-state index contributed by atoms with van der Waals surface area (Å²) in [6.07, 6.45) is 2.57. The number of carbonyl (C=O) groups is 2. The molecule has 2 amide bonds. The maximum atomic E-state index is 12.0. The van der Waals surface area contributed by atoms with Gasteiger partial charge in [0.2, 0.25) is 11.8 Å². The zero-order valence-electron chi connectivity index (χ0n) is 13.6. The molecular weight excluding hydrogens is 340 g/mol. The maximum absolute atomic E-state index is 12.0. The first kappa shape index (κ1) is 18.7. The Labute approximate surface area is 148 Å². The molecule has 2 rings (SSSR count). The van der Waals surface area contributed by atoms with Crippen LogP contribution in [-0.4, -0.2) is 38.3 Å². The quantitative estimate of drug-likeness (QED) is 0.331. The Balaban J connectivity index is 2.05. The molecule has 0 spiro atoms. The van der Waals surface area contributed by atoms with Crippen molar-refractivity contribution < 1.29 is 30.0 Å². The lowest BCUT2D eigenvalue weighted by Gasteiger charge is -2.14. The molecule has 7 N–H and O–H groups in total. The predicted molar refractivity (Wildman–Crippen MR) is 93.4 cm³/mol. The molecule has 0 saturated carbocycles. The van der Waals surface area contributed by atoms with Gasteiger partial charge in [0.15, 0.2) is 23.0 Å². The summed E-state index contributed by atoms with van der Waals surface area (Å²) in [5.74, 6) is -2.60. The van der Waals surface area contributed by atoms with Gasteiger partial charge in [-0.25, -0.2) is 0 Å². The summed E-state index contributed by atoms with van der Waals surface area (Å²) < 4.78 is 0. The summed E-state index contributed by atoms with van der Waals surface area (Å²) in [6, 6.07) is 7.04. The Kier molecular flexibility index (Phi) is 5.69. The van der Waals surface area contributed by atoms with Gasteiger partial charge >= 0.3 is 0 Å². The number of hydrogen-bond acceptors (Lipinski definition) is 6. The van der Waals surface area contributed by atoms with Crippen LogP contribution in [-0.2, 0) is 16.0 Å². The Morgan fingerprint density at radius 3 is 2.15 bits per heavy atom. The summed E-state index contributed by atoms with van der Waals surface area (Å²) in [7, 11) is 0. The van der Waals surface area contributed by atoms with Crippen molar-refractivity contribution in [1.82, 2.24) is 5.32 Å². The first-order valence-electron chi connectivity index (χ1n) is 7.57. The molecule has 0 aliphatic heterocycles. The molecule has 26 heavy (non-hydrogen) atoms. The van der Waals surface area contributed by atoms with Gasteiger partial charge in [0, 0.05) is 12.5 Å². The van der Waals surface area contributed by atoms with Crippen LogP contribution in [0.1, 0.15) is 11.1 Å². The van der Waals surface area contributed by atoms with Crippen LogP contribution >= 0.6 is 0 Å². The molecule has 0 bridgehead atoms. The van der Waals surface area contributed by atoms with E-state index in [2.05, 4.69) is 5.32 Å². The van der Waals surface area contributed by atoms with Crippen LogP contribution in [0.3, 0.4) is 0 Å². The van der Waals surface area contributed by atoms with Gasteiger partial charge in [-0.2, -0.15) is 0 Å². The van der Waals surface area contributed by atoms with Gasteiger partial charge in [-0.05, 0) is 41.5 Å². The number of hydrogen-bond donors (Lipinski definition) is 6. The minimum atomic E-state index is -1.02. The summed E-state index contributed by atoms with van der Waals surface area (Å²) in [6.45, 7) is 0. The van der Waals surface area contributed by atoms with Crippen molar-refractivity contribution in [2.75, 3.05) is 0 Å². The second-order valence-electron chi connectivity index (χ2n) is 5.57. The van der Waals surface area contributed by atoms with Gasteiger partial charge in [0.1, 0.15) is 6.04 Å². The molecule has 1 unspecified atom stereocenters. The largest absolute Gasteiger partial charge is 0.504 e. The highest BCUT2D eigenvalue weighted by atomic mass is 16.3. The molecule has 0 radical (unpaired) electrons. The topological polar surface area (TPSA) is 153 Å². The number of primary amides is 1. The van der Waals surface area contributed by atoms with Gasteiger partial charge in [-0.3, -0.25) is 9.59 Å². The number of nitrogens with two attached hydrogens (primary N) is 1. The number of carbonyl (C=O) groups excluding carboxylic acids is 2. The molecule has 0 aromatic heterocycles. The minimum Gasteiger partial charge on any atom is -0.504 e. The number of rotatable bonds is 6. The molecular formula is C18H18N2O6. The molecule has 0 aliphatic rings. The lowest BCUT2D eigenvalue weighted by atomic mass is 10.0. The van der Waals surface area contributed by atoms with E-state index in [-0.39, 0.29) is 29.4 Å². The first-order valence-corrected chi connectivity index (χ1v) is 7.57. The predicted octanol–water partition coefficient (Wildman–Crippen LogP) is 0.735. The van der Waals surface area contributed by atoms with Gasteiger partial charge in [-0.1, -0.05) is 12.1 Å². The van der Waals surface area contributed by atoms with E-state index >= 15 is 0 Å². The number of aromatic hydroxyl groups is 4. The van der Waals surface area contributed by atoms with E-state index in [1.54, 1.807) is 0 Å². The monoisotopic (exact) mass is 358 g/mol. The average Bonchev–Trinajstić information content (AvgIpc) is 2.58. The number of amides is 2. The summed E-state index contributed by atoms with van der Waals surface area (Å²) in [5, 5.41) is 39.9. The number of nitrogens with one attached hydrogen (secondary N) is 1. The lowest BCUT2D eigenvalue weighted by Crippen LogP contribution is -2.45. The van der Waals surface area contributed by atoms with E-state index in [1.807, 2.05) is 0 Å². The zero-order valence-corrected chi connectivity index (χ0v) is 13.6. The summed E-state index contributed by atoms with van der Waals surface area (Å²) in [5.41, 5.74) is 6.26. The van der Waals surface area contributed by atoms with Gasteiger partial charge in [0.25, 0.3) is 0 Å². The molecule has 2 aromatic rings. The smallest absolute Gasteiger partial charge is 0.244 e. The SMILES string of the molecule is NC(=O)C(Cc1ccc(O)c(O)c1)NC(=O)C=Cc1ccc(O)c(O)c1. The van der Waals surface area contributed by atoms with Crippen LogP contribution in [0.2, 0.25) is 0 Å². The number of phenolic OH excluding ortho intramolecular Hbond substituents is 4. The van der Waals surface area contributed by atoms with Crippen molar-refractivity contribution >= 4 is 17.9 Å². The second-order valence-corrected chi connectivity index (χ2v) is 5.57. The fourth-order valence-corrected chi connectivity index (χ4v) is 2.19. The molecule has 0 saturated heterocycles. The number of benzene rings is 2. The molecule has 0 aliphatic carbocycles. The van der Waals surface area contributed by atoms with E-state index in [1.165, 1.54) is 42.5 Å². The van der Waals surface area contributed by atoms with Crippen molar-refractivity contribution in [3.05, 3.63) is 53.6 Å². The molecule has 136 valence electrons. The Bertz CT molecular complexity index is 863. The molecule has 0 heterocycles. The van der Waals surface area contributed by atoms with Crippen molar-refractivity contribution in [2.45, 2.75) is 12.5 Å². The van der Waals surface area contributed by atoms with Gasteiger partial charge in [-0.15, -0.1) is 0 Å². The van der Waals surface area contributed by atoms with Gasteiger partial charge < -0.3 is 31.5 Å². The van der Waals surface area contributed by atoms with Crippen LogP contribution in [0.15, 0.2) is 42.5 Å². The first-order chi connectivity index (χ1) is 12.3. The third kappa shape index (κ3) is 4.91. The fraction of sp³-hybridized carbons (Fsp3) is 0.111. The highest BCUT2D eigenvalue weighted by Gasteiger charge is 2.18. The fourth-order valence-electron chi connectivity index (χ4n) is 2.19. The second kappa shape index (κ2) is 7.93. The molecule has 0 fully saturated rings. The van der Waals surface area contributed by atoms with E-state index < -0.39 is 17.9 Å². The highest BCUT2D eigenvalue weighted by molar-refractivity contribution is 5.95. The Hall–Kier alpha value is -3.68. The third-order valence-corrected chi connectivity index (χ3v) is 3.57. The Morgan fingerprint density at radius 1 is 0.962 bits per heavy atom. The van der Waals surface area contributed by atoms with E-state index in [9.17, 15) is 30.0 Å². The summed E-state index contributed by atoms with van der Waals surface area (Å²) in [4.78, 5) is 23.5. The molecule has 1 atom stereocenters. The maximum Gasteiger partial charge on any atom is 0.244 e. The summed E-state index contributed by atoms with van der Waals surface area (Å²) >= 11 is 0. The Morgan fingerprint density at radius 2 is 1.58 bits per heavy atom. The third-order valence-electron chi connectivity index (χ3n) is 3.57. The number of phenols is 4. The van der Waals surface area contributed by atoms with Gasteiger partial charge in [0.05, 0.1) is 0 Å². The van der Waals surface area contributed by atoms with Crippen LogP contribution in [0, 0.1) is 0 Å². The standard InChI is InChI=1S/C18H18N2O6/c19-18(26)12(7-11-2-5-14(22)16(24)9-11)20-17(25)6-3-10-1-4-13(21)15(23)8-10/h1-6,8-9,12,21-24H,7H2,(H2,19,26)(H,20,25). The van der Waals surface area contributed by atoms with Crippen molar-refractivity contribution in [1.29, 1.82) is 0 Å².